The number of halogens is 1. The first-order valence-electron chi connectivity index (χ1n) is 10.3. The molecular formula is C23H24FN3O6. The van der Waals surface area contributed by atoms with Crippen molar-refractivity contribution in [2.45, 2.75) is 45.3 Å². The van der Waals surface area contributed by atoms with E-state index in [1.807, 2.05) is 0 Å². The van der Waals surface area contributed by atoms with E-state index >= 15 is 0 Å². The average molecular weight is 457 g/mol. The zero-order valence-corrected chi connectivity index (χ0v) is 18.4. The Morgan fingerprint density at radius 2 is 1.73 bits per heavy atom. The first kappa shape index (κ1) is 23.8. The maximum absolute atomic E-state index is 14.5. The van der Waals surface area contributed by atoms with E-state index in [-0.39, 0.29) is 24.6 Å². The Kier molecular flexibility index (Phi) is 6.75. The molecule has 3 amide bonds. The van der Waals surface area contributed by atoms with Crippen LogP contribution in [0.15, 0.2) is 48.5 Å². The zero-order chi connectivity index (χ0) is 24.3. The molecule has 33 heavy (non-hydrogen) atoms. The molecular weight excluding hydrogens is 433 g/mol. The van der Waals surface area contributed by atoms with Gasteiger partial charge in [-0.3, -0.25) is 19.7 Å². The SMILES string of the molecule is CC(C)(C)OC(=O)NC1CC(C(=O)N(C(=O)c2c(F)cccc2[N+](=O)[O-])c2ccccc2)C1. The van der Waals surface area contributed by atoms with Crippen LogP contribution in [0.5, 0.6) is 0 Å². The van der Waals surface area contributed by atoms with Crippen LogP contribution in [-0.2, 0) is 9.53 Å². The van der Waals surface area contributed by atoms with Crippen molar-refractivity contribution in [1.82, 2.24) is 5.32 Å². The molecule has 174 valence electrons. The number of benzene rings is 2. The third-order valence-corrected chi connectivity index (χ3v) is 5.05. The molecule has 0 aromatic heterocycles. The van der Waals surface area contributed by atoms with E-state index in [0.717, 1.165) is 23.1 Å². The molecule has 0 radical (unpaired) electrons. The van der Waals surface area contributed by atoms with Crippen LogP contribution >= 0.6 is 0 Å². The van der Waals surface area contributed by atoms with E-state index in [1.165, 1.54) is 12.1 Å². The summed E-state index contributed by atoms with van der Waals surface area (Å²) in [5.74, 6) is -3.49. The van der Waals surface area contributed by atoms with E-state index in [9.17, 15) is 28.9 Å². The van der Waals surface area contributed by atoms with Gasteiger partial charge in [0, 0.05) is 18.0 Å². The maximum atomic E-state index is 14.5. The van der Waals surface area contributed by atoms with Gasteiger partial charge in [0.15, 0.2) is 5.56 Å². The van der Waals surface area contributed by atoms with Gasteiger partial charge < -0.3 is 10.1 Å². The van der Waals surface area contributed by atoms with Gasteiger partial charge in [-0.25, -0.2) is 14.1 Å². The van der Waals surface area contributed by atoms with E-state index in [4.69, 9.17) is 4.74 Å². The van der Waals surface area contributed by atoms with Crippen molar-refractivity contribution in [3.63, 3.8) is 0 Å². The molecule has 1 N–H and O–H groups in total. The predicted octanol–water partition coefficient (Wildman–Crippen LogP) is 4.21. The van der Waals surface area contributed by atoms with Crippen molar-refractivity contribution in [1.29, 1.82) is 0 Å². The molecule has 3 rings (SSSR count). The molecule has 0 aliphatic heterocycles. The summed E-state index contributed by atoms with van der Waals surface area (Å²) in [6.07, 6.45) is -0.126. The minimum Gasteiger partial charge on any atom is -0.444 e. The van der Waals surface area contributed by atoms with Crippen LogP contribution in [0.1, 0.15) is 44.0 Å². The van der Waals surface area contributed by atoms with Gasteiger partial charge in [0.25, 0.3) is 11.6 Å². The molecule has 0 spiro atoms. The lowest BCUT2D eigenvalue weighted by molar-refractivity contribution is -0.385. The number of imide groups is 1. The number of nitrogens with one attached hydrogen (secondary N) is 1. The standard InChI is InChI=1S/C23H24FN3O6/c1-23(2,3)33-22(30)25-15-12-14(13-15)20(28)26(16-8-5-4-6-9-16)21(29)19-17(24)10-7-11-18(19)27(31)32/h4-11,14-15H,12-13H2,1-3H3,(H,25,30). The number of nitrogens with zero attached hydrogens (tertiary/aromatic N) is 2. The van der Waals surface area contributed by atoms with Gasteiger partial charge in [-0.05, 0) is 51.8 Å². The molecule has 1 aliphatic carbocycles. The summed E-state index contributed by atoms with van der Waals surface area (Å²) in [4.78, 5) is 49.7. The predicted molar refractivity (Wildman–Crippen MR) is 117 cm³/mol. The highest BCUT2D eigenvalue weighted by Crippen LogP contribution is 2.33. The van der Waals surface area contributed by atoms with Gasteiger partial charge in [0.1, 0.15) is 11.4 Å². The highest BCUT2D eigenvalue weighted by atomic mass is 19.1. The highest BCUT2D eigenvalue weighted by molar-refractivity contribution is 6.23. The van der Waals surface area contributed by atoms with Gasteiger partial charge in [-0.15, -0.1) is 0 Å². The summed E-state index contributed by atoms with van der Waals surface area (Å²) in [5.41, 5.74) is -2.03. The molecule has 2 aromatic carbocycles. The molecule has 1 aliphatic rings. The number of amides is 3. The molecule has 0 atom stereocenters. The number of anilines is 1. The lowest BCUT2D eigenvalue weighted by Crippen LogP contribution is -2.52. The van der Waals surface area contributed by atoms with Gasteiger partial charge in [-0.2, -0.15) is 0 Å². The Labute approximate surface area is 189 Å². The fourth-order valence-corrected chi connectivity index (χ4v) is 3.50. The number of alkyl carbamates (subject to hydrolysis) is 1. The van der Waals surface area contributed by atoms with Gasteiger partial charge in [0.2, 0.25) is 5.91 Å². The van der Waals surface area contributed by atoms with Gasteiger partial charge in [-0.1, -0.05) is 24.3 Å². The fourth-order valence-electron chi connectivity index (χ4n) is 3.50. The summed E-state index contributed by atoms with van der Waals surface area (Å²) in [7, 11) is 0. The number of carbonyl (C=O) groups excluding carboxylic acids is 3. The second kappa shape index (κ2) is 9.35. The monoisotopic (exact) mass is 457 g/mol. The van der Waals surface area contributed by atoms with Crippen LogP contribution in [-0.4, -0.2) is 34.5 Å². The lowest BCUT2D eigenvalue weighted by Gasteiger charge is -2.37. The molecule has 2 aromatic rings. The number of hydrogen-bond acceptors (Lipinski definition) is 6. The third-order valence-electron chi connectivity index (χ3n) is 5.05. The summed E-state index contributed by atoms with van der Waals surface area (Å²) >= 11 is 0. The van der Waals surface area contributed by atoms with Crippen molar-refractivity contribution in [3.8, 4) is 0 Å². The number of para-hydroxylation sites is 1. The summed E-state index contributed by atoms with van der Waals surface area (Å²) in [5, 5.41) is 14.0. The van der Waals surface area contributed by atoms with Crippen molar-refractivity contribution >= 4 is 29.3 Å². The minimum atomic E-state index is -1.13. The Morgan fingerprint density at radius 3 is 2.30 bits per heavy atom. The van der Waals surface area contributed by atoms with Crippen LogP contribution in [0.4, 0.5) is 20.6 Å². The first-order valence-corrected chi connectivity index (χ1v) is 10.3. The van der Waals surface area contributed by atoms with E-state index in [0.29, 0.717) is 0 Å². The van der Waals surface area contributed by atoms with E-state index in [1.54, 1.807) is 39.0 Å². The quantitative estimate of drug-likeness (QED) is 0.408. The van der Waals surface area contributed by atoms with Gasteiger partial charge >= 0.3 is 6.09 Å². The number of carbonyl (C=O) groups is 3. The summed E-state index contributed by atoms with van der Waals surface area (Å²) in [6, 6.07) is 10.5. The molecule has 0 unspecified atom stereocenters. The number of nitro benzene ring substituents is 1. The Hall–Kier alpha value is -3.82. The molecule has 10 heteroatoms. The topological polar surface area (TPSA) is 119 Å². The first-order chi connectivity index (χ1) is 15.5. The van der Waals surface area contributed by atoms with Crippen LogP contribution in [0, 0.1) is 21.8 Å². The Morgan fingerprint density at radius 1 is 1.09 bits per heavy atom. The summed E-state index contributed by atoms with van der Waals surface area (Å²) < 4.78 is 19.7. The number of hydrogen-bond donors (Lipinski definition) is 1. The Balaban J connectivity index is 1.83. The fraction of sp³-hybridized carbons (Fsp3) is 0.348. The maximum Gasteiger partial charge on any atom is 0.407 e. The molecule has 1 fully saturated rings. The Bertz CT molecular complexity index is 1080. The second-order valence-electron chi connectivity index (χ2n) is 8.72. The van der Waals surface area contributed by atoms with Crippen LogP contribution in [0.3, 0.4) is 0 Å². The van der Waals surface area contributed by atoms with Crippen LogP contribution in [0.25, 0.3) is 0 Å². The van der Waals surface area contributed by atoms with Crippen molar-refractivity contribution in [2.24, 2.45) is 5.92 Å². The van der Waals surface area contributed by atoms with Crippen LogP contribution in [0.2, 0.25) is 0 Å². The smallest absolute Gasteiger partial charge is 0.407 e. The molecule has 0 bridgehead atoms. The normalized spacial score (nSPS) is 17.5. The molecule has 1 saturated carbocycles. The number of ether oxygens (including phenoxy) is 1. The summed E-state index contributed by atoms with van der Waals surface area (Å²) in [6.45, 7) is 5.18. The van der Waals surface area contributed by atoms with Crippen molar-refractivity contribution in [3.05, 3.63) is 70.0 Å². The van der Waals surface area contributed by atoms with Crippen molar-refractivity contribution in [2.75, 3.05) is 4.90 Å². The average Bonchev–Trinajstić information content (AvgIpc) is 2.69. The minimum absolute atomic E-state index is 0.161. The van der Waals surface area contributed by atoms with E-state index in [2.05, 4.69) is 5.32 Å². The zero-order valence-electron chi connectivity index (χ0n) is 18.4. The number of rotatable bonds is 5. The number of nitro groups is 1. The largest absolute Gasteiger partial charge is 0.444 e. The second-order valence-corrected chi connectivity index (χ2v) is 8.72. The molecule has 0 saturated heterocycles. The van der Waals surface area contributed by atoms with E-state index < -0.39 is 51.4 Å². The molecule has 0 heterocycles. The third kappa shape index (κ3) is 5.51. The van der Waals surface area contributed by atoms with Crippen LogP contribution < -0.4 is 10.2 Å². The highest BCUT2D eigenvalue weighted by Gasteiger charge is 2.42. The lowest BCUT2D eigenvalue weighted by atomic mass is 9.79. The van der Waals surface area contributed by atoms with Gasteiger partial charge in [0.05, 0.1) is 10.6 Å². The van der Waals surface area contributed by atoms with Crippen molar-refractivity contribution < 1.29 is 28.4 Å². The molecule has 9 nitrogen and oxygen atoms in total.